The van der Waals surface area contributed by atoms with Crippen molar-refractivity contribution in [2.24, 2.45) is 0 Å². The van der Waals surface area contributed by atoms with Crippen LogP contribution < -0.4 is 10.6 Å². The van der Waals surface area contributed by atoms with Gasteiger partial charge in [0.25, 0.3) is 0 Å². The standard InChI is InChI=1S/C18H22N2O2/c1-18(22,13-12-15-8-4-2-5-9-15)14-19-17(21)20-16-10-6-3-7-11-16/h2-11,22H,12-14H2,1H3,(H2,19,20,21). The third-order valence-corrected chi connectivity index (χ3v) is 3.46. The van der Waals surface area contributed by atoms with Crippen molar-refractivity contribution in [1.82, 2.24) is 5.32 Å². The molecule has 2 amide bonds. The Morgan fingerprint density at radius 2 is 1.64 bits per heavy atom. The average Bonchev–Trinajstić information content (AvgIpc) is 2.53. The van der Waals surface area contributed by atoms with E-state index in [0.717, 1.165) is 12.1 Å². The van der Waals surface area contributed by atoms with E-state index in [0.29, 0.717) is 6.42 Å². The second kappa shape index (κ2) is 7.61. The zero-order valence-corrected chi connectivity index (χ0v) is 12.8. The predicted octanol–water partition coefficient (Wildman–Crippen LogP) is 3.19. The molecule has 2 aromatic carbocycles. The van der Waals surface area contributed by atoms with Crippen molar-refractivity contribution in [3.05, 3.63) is 66.2 Å². The molecule has 0 heterocycles. The Hall–Kier alpha value is -2.33. The molecule has 2 aromatic rings. The fourth-order valence-corrected chi connectivity index (χ4v) is 2.11. The van der Waals surface area contributed by atoms with Crippen molar-refractivity contribution < 1.29 is 9.90 Å². The molecular weight excluding hydrogens is 276 g/mol. The number of urea groups is 1. The number of aryl methyl sites for hydroxylation is 1. The topological polar surface area (TPSA) is 61.4 Å². The molecule has 3 N–H and O–H groups in total. The normalized spacial score (nSPS) is 13.2. The summed E-state index contributed by atoms with van der Waals surface area (Å²) in [7, 11) is 0. The molecule has 0 radical (unpaired) electrons. The molecule has 4 nitrogen and oxygen atoms in total. The van der Waals surface area contributed by atoms with Crippen LogP contribution in [0.2, 0.25) is 0 Å². The van der Waals surface area contributed by atoms with Gasteiger partial charge in [-0.25, -0.2) is 4.79 Å². The van der Waals surface area contributed by atoms with Crippen LogP contribution >= 0.6 is 0 Å². The molecule has 0 bridgehead atoms. The minimum absolute atomic E-state index is 0.207. The lowest BCUT2D eigenvalue weighted by molar-refractivity contribution is 0.0539. The van der Waals surface area contributed by atoms with E-state index in [2.05, 4.69) is 10.6 Å². The Morgan fingerprint density at radius 3 is 2.27 bits per heavy atom. The summed E-state index contributed by atoms with van der Waals surface area (Å²) in [4.78, 5) is 11.8. The second-order valence-electron chi connectivity index (χ2n) is 5.66. The highest BCUT2D eigenvalue weighted by atomic mass is 16.3. The lowest BCUT2D eigenvalue weighted by Crippen LogP contribution is -2.42. The molecule has 0 spiro atoms. The molecule has 0 saturated heterocycles. The maximum absolute atomic E-state index is 11.8. The maximum atomic E-state index is 11.8. The van der Waals surface area contributed by atoms with Crippen molar-refractivity contribution in [2.75, 3.05) is 11.9 Å². The van der Waals surface area contributed by atoms with Crippen LogP contribution in [0.3, 0.4) is 0 Å². The van der Waals surface area contributed by atoms with Crippen LogP contribution in [-0.2, 0) is 6.42 Å². The number of amides is 2. The van der Waals surface area contributed by atoms with E-state index in [1.165, 1.54) is 5.56 Å². The van der Waals surface area contributed by atoms with Gasteiger partial charge in [0.05, 0.1) is 5.60 Å². The monoisotopic (exact) mass is 298 g/mol. The fourth-order valence-electron chi connectivity index (χ4n) is 2.11. The Bertz CT molecular complexity index is 583. The molecule has 0 fully saturated rings. The number of rotatable bonds is 6. The summed E-state index contributed by atoms with van der Waals surface area (Å²) in [5.74, 6) is 0. The van der Waals surface area contributed by atoms with Gasteiger partial charge in [0.1, 0.15) is 0 Å². The summed E-state index contributed by atoms with van der Waals surface area (Å²) in [6, 6.07) is 18.9. The number of carbonyl (C=O) groups excluding carboxylic acids is 1. The molecular formula is C18H22N2O2. The predicted molar refractivity (Wildman–Crippen MR) is 88.9 cm³/mol. The number of aliphatic hydroxyl groups is 1. The third kappa shape index (κ3) is 5.58. The summed E-state index contributed by atoms with van der Waals surface area (Å²) < 4.78 is 0. The van der Waals surface area contributed by atoms with Gasteiger partial charge in [0.15, 0.2) is 0 Å². The van der Waals surface area contributed by atoms with Crippen molar-refractivity contribution in [1.29, 1.82) is 0 Å². The summed E-state index contributed by atoms with van der Waals surface area (Å²) in [5.41, 5.74) is 0.963. The van der Waals surface area contributed by atoms with Gasteiger partial charge in [-0.05, 0) is 37.5 Å². The molecule has 22 heavy (non-hydrogen) atoms. The first kappa shape index (κ1) is 16.0. The molecule has 0 saturated carbocycles. The fraction of sp³-hybridized carbons (Fsp3) is 0.278. The summed E-state index contributed by atoms with van der Waals surface area (Å²) >= 11 is 0. The lowest BCUT2D eigenvalue weighted by Gasteiger charge is -2.23. The number of carbonyl (C=O) groups is 1. The van der Waals surface area contributed by atoms with E-state index in [1.54, 1.807) is 6.92 Å². The average molecular weight is 298 g/mol. The third-order valence-electron chi connectivity index (χ3n) is 3.46. The smallest absolute Gasteiger partial charge is 0.319 e. The number of para-hydroxylation sites is 1. The van der Waals surface area contributed by atoms with Crippen LogP contribution in [0.25, 0.3) is 0 Å². The van der Waals surface area contributed by atoms with Gasteiger partial charge >= 0.3 is 6.03 Å². The highest BCUT2D eigenvalue weighted by Crippen LogP contribution is 2.13. The largest absolute Gasteiger partial charge is 0.388 e. The lowest BCUT2D eigenvalue weighted by atomic mass is 9.97. The first-order chi connectivity index (χ1) is 10.6. The van der Waals surface area contributed by atoms with Gasteiger partial charge in [-0.3, -0.25) is 0 Å². The van der Waals surface area contributed by atoms with Crippen LogP contribution in [0.1, 0.15) is 18.9 Å². The molecule has 1 unspecified atom stereocenters. The zero-order chi connectivity index (χ0) is 15.8. The SMILES string of the molecule is CC(O)(CCc1ccccc1)CNC(=O)Nc1ccccc1. The summed E-state index contributed by atoms with van der Waals surface area (Å²) in [6.45, 7) is 1.94. The van der Waals surface area contributed by atoms with Crippen molar-refractivity contribution in [3.8, 4) is 0 Å². The van der Waals surface area contributed by atoms with Gasteiger partial charge in [-0.15, -0.1) is 0 Å². The quantitative estimate of drug-likeness (QED) is 0.767. The van der Waals surface area contributed by atoms with Crippen LogP contribution in [0, 0.1) is 0 Å². The first-order valence-corrected chi connectivity index (χ1v) is 7.41. The number of nitrogens with one attached hydrogen (secondary N) is 2. The number of anilines is 1. The van der Waals surface area contributed by atoms with E-state index >= 15 is 0 Å². The van der Waals surface area contributed by atoms with E-state index < -0.39 is 5.60 Å². The minimum atomic E-state index is -0.941. The van der Waals surface area contributed by atoms with Crippen molar-refractivity contribution in [2.45, 2.75) is 25.4 Å². The molecule has 0 aliphatic rings. The van der Waals surface area contributed by atoms with E-state index in [4.69, 9.17) is 0 Å². The molecule has 0 aliphatic carbocycles. The number of hydrogen-bond donors (Lipinski definition) is 3. The van der Waals surface area contributed by atoms with Gasteiger partial charge in [0, 0.05) is 12.2 Å². The van der Waals surface area contributed by atoms with Gasteiger partial charge in [0.2, 0.25) is 0 Å². The summed E-state index contributed by atoms with van der Waals surface area (Å²) in [5, 5.41) is 15.8. The minimum Gasteiger partial charge on any atom is -0.388 e. The van der Waals surface area contributed by atoms with Crippen LogP contribution in [-0.4, -0.2) is 23.3 Å². The van der Waals surface area contributed by atoms with Gasteiger partial charge in [-0.2, -0.15) is 0 Å². The number of benzene rings is 2. The summed E-state index contributed by atoms with van der Waals surface area (Å²) in [6.07, 6.45) is 1.36. The van der Waals surface area contributed by atoms with Crippen LogP contribution in [0.5, 0.6) is 0 Å². The molecule has 0 aromatic heterocycles. The Balaban J connectivity index is 1.75. The van der Waals surface area contributed by atoms with Gasteiger partial charge < -0.3 is 15.7 Å². The van der Waals surface area contributed by atoms with Crippen molar-refractivity contribution >= 4 is 11.7 Å². The molecule has 1 atom stereocenters. The van der Waals surface area contributed by atoms with Gasteiger partial charge in [-0.1, -0.05) is 48.5 Å². The number of hydrogen-bond acceptors (Lipinski definition) is 2. The van der Waals surface area contributed by atoms with Crippen LogP contribution in [0.4, 0.5) is 10.5 Å². The highest BCUT2D eigenvalue weighted by Gasteiger charge is 2.21. The van der Waals surface area contributed by atoms with Crippen molar-refractivity contribution in [3.63, 3.8) is 0 Å². The van der Waals surface area contributed by atoms with E-state index in [9.17, 15) is 9.90 Å². The molecule has 0 aliphatic heterocycles. The highest BCUT2D eigenvalue weighted by molar-refractivity contribution is 5.89. The molecule has 116 valence electrons. The van der Waals surface area contributed by atoms with Crippen LogP contribution in [0.15, 0.2) is 60.7 Å². The van der Waals surface area contributed by atoms with E-state index in [-0.39, 0.29) is 12.6 Å². The first-order valence-electron chi connectivity index (χ1n) is 7.41. The maximum Gasteiger partial charge on any atom is 0.319 e. The Labute approximate surface area is 131 Å². The Morgan fingerprint density at radius 1 is 1.05 bits per heavy atom. The second-order valence-corrected chi connectivity index (χ2v) is 5.66. The molecule has 2 rings (SSSR count). The van der Waals surface area contributed by atoms with E-state index in [1.807, 2.05) is 60.7 Å². The molecule has 4 heteroatoms. The zero-order valence-electron chi connectivity index (χ0n) is 12.8. The Kier molecular flexibility index (Phi) is 5.55.